The molecule has 1 saturated carbocycles. The van der Waals surface area contributed by atoms with Crippen molar-refractivity contribution < 1.29 is 4.79 Å². The van der Waals surface area contributed by atoms with Gasteiger partial charge in [0.1, 0.15) is 10.8 Å². The van der Waals surface area contributed by atoms with Gasteiger partial charge in [-0.1, -0.05) is 0 Å². The van der Waals surface area contributed by atoms with Crippen molar-refractivity contribution in [1.82, 2.24) is 4.98 Å². The molecule has 0 amide bonds. The van der Waals surface area contributed by atoms with E-state index < -0.39 is 0 Å². The molecule has 1 aliphatic rings. The summed E-state index contributed by atoms with van der Waals surface area (Å²) in [5.41, 5.74) is 1.07. The number of thiazole rings is 1. The first-order chi connectivity index (χ1) is 6.16. The van der Waals surface area contributed by atoms with Gasteiger partial charge in [-0.3, -0.25) is 4.79 Å². The van der Waals surface area contributed by atoms with Crippen LogP contribution in [0.4, 0.5) is 0 Å². The summed E-state index contributed by atoms with van der Waals surface area (Å²) in [6.07, 6.45) is 2.76. The third-order valence-corrected chi connectivity index (χ3v) is 3.50. The minimum Gasteiger partial charge on any atom is -0.299 e. The van der Waals surface area contributed by atoms with E-state index in [2.05, 4.69) is 11.9 Å². The van der Waals surface area contributed by atoms with Crippen LogP contribution in [0.15, 0.2) is 0 Å². The summed E-state index contributed by atoms with van der Waals surface area (Å²) in [5.74, 6) is 0.748. The molecule has 0 radical (unpaired) electrons. The van der Waals surface area contributed by atoms with Crippen molar-refractivity contribution in [1.29, 1.82) is 0 Å². The first kappa shape index (κ1) is 8.88. The van der Waals surface area contributed by atoms with E-state index in [4.69, 9.17) is 0 Å². The van der Waals surface area contributed by atoms with Crippen LogP contribution in [0, 0.1) is 19.8 Å². The van der Waals surface area contributed by atoms with Gasteiger partial charge >= 0.3 is 0 Å². The van der Waals surface area contributed by atoms with Crippen molar-refractivity contribution in [2.45, 2.75) is 33.1 Å². The van der Waals surface area contributed by atoms with Gasteiger partial charge in [0, 0.05) is 10.8 Å². The van der Waals surface area contributed by atoms with Gasteiger partial charge in [-0.2, -0.15) is 0 Å². The lowest BCUT2D eigenvalue weighted by Crippen LogP contribution is -2.04. The highest BCUT2D eigenvalue weighted by atomic mass is 32.1. The molecule has 1 aliphatic carbocycles. The van der Waals surface area contributed by atoms with E-state index in [0.717, 1.165) is 23.5 Å². The highest BCUT2D eigenvalue weighted by Crippen LogP contribution is 2.31. The summed E-state index contributed by atoms with van der Waals surface area (Å²) in [5, 5.41) is 0.993. The molecule has 0 atom stereocenters. The van der Waals surface area contributed by atoms with Crippen LogP contribution in [-0.2, 0) is 11.2 Å². The minimum absolute atomic E-state index is 0.365. The maximum absolute atomic E-state index is 11.5. The fraction of sp³-hybridized carbons (Fsp3) is 0.600. The van der Waals surface area contributed by atoms with E-state index in [1.165, 1.54) is 4.88 Å². The van der Waals surface area contributed by atoms with Gasteiger partial charge in [-0.15, -0.1) is 11.3 Å². The average molecular weight is 195 g/mol. The van der Waals surface area contributed by atoms with Gasteiger partial charge in [0.05, 0.1) is 12.1 Å². The smallest absolute Gasteiger partial charge is 0.142 e. The number of hydrogen-bond donors (Lipinski definition) is 0. The zero-order valence-corrected chi connectivity index (χ0v) is 8.78. The molecule has 0 saturated heterocycles. The fourth-order valence-electron chi connectivity index (χ4n) is 1.31. The van der Waals surface area contributed by atoms with Crippen molar-refractivity contribution in [2.24, 2.45) is 5.92 Å². The molecule has 1 heterocycles. The zero-order chi connectivity index (χ0) is 9.42. The number of Topliss-reactive ketones (excluding diaryl/α,β-unsaturated/α-hetero) is 1. The van der Waals surface area contributed by atoms with Crippen LogP contribution in [0.3, 0.4) is 0 Å². The molecule has 0 aromatic carbocycles. The number of nitrogens with zero attached hydrogens (tertiary/aromatic N) is 1. The first-order valence-electron chi connectivity index (χ1n) is 4.62. The lowest BCUT2D eigenvalue weighted by atomic mass is 10.2. The Hall–Kier alpha value is -0.700. The van der Waals surface area contributed by atoms with Gasteiger partial charge in [0.15, 0.2) is 0 Å². The van der Waals surface area contributed by atoms with Crippen LogP contribution < -0.4 is 0 Å². The SMILES string of the molecule is Cc1nc(CC(=O)C2CC2)sc1C. The molecule has 1 fully saturated rings. The van der Waals surface area contributed by atoms with Crippen LogP contribution in [0.2, 0.25) is 0 Å². The molecule has 13 heavy (non-hydrogen) atoms. The highest BCUT2D eigenvalue weighted by Gasteiger charge is 2.29. The highest BCUT2D eigenvalue weighted by molar-refractivity contribution is 7.11. The molecule has 70 valence electrons. The summed E-state index contributed by atoms with van der Waals surface area (Å²) in [6.45, 7) is 4.05. The van der Waals surface area contributed by atoms with Gasteiger partial charge in [0.2, 0.25) is 0 Å². The normalized spacial score (nSPS) is 16.2. The number of carbonyl (C=O) groups excluding carboxylic acids is 1. The van der Waals surface area contributed by atoms with Crippen molar-refractivity contribution in [3.05, 3.63) is 15.6 Å². The Labute approximate surface area is 82.0 Å². The van der Waals surface area contributed by atoms with Crippen molar-refractivity contribution in [3.63, 3.8) is 0 Å². The van der Waals surface area contributed by atoms with Crippen LogP contribution in [0.1, 0.15) is 28.4 Å². The molecular formula is C10H13NOS. The van der Waals surface area contributed by atoms with Gasteiger partial charge in [-0.05, 0) is 26.7 Å². The zero-order valence-electron chi connectivity index (χ0n) is 7.96. The number of rotatable bonds is 3. The summed E-state index contributed by atoms with van der Waals surface area (Å²) in [4.78, 5) is 17.1. The number of hydrogen-bond acceptors (Lipinski definition) is 3. The number of carbonyl (C=O) groups is 1. The molecule has 1 aromatic heterocycles. The second-order valence-electron chi connectivity index (χ2n) is 3.67. The Kier molecular flexibility index (Phi) is 2.20. The Bertz CT molecular complexity index is 319. The third-order valence-electron chi connectivity index (χ3n) is 2.43. The van der Waals surface area contributed by atoms with Crippen LogP contribution in [0.5, 0.6) is 0 Å². The Morgan fingerprint density at radius 2 is 2.23 bits per heavy atom. The quantitative estimate of drug-likeness (QED) is 0.740. The summed E-state index contributed by atoms with van der Waals surface area (Å²) in [7, 11) is 0. The maximum atomic E-state index is 11.5. The van der Waals surface area contributed by atoms with Crippen molar-refractivity contribution in [3.8, 4) is 0 Å². The fourth-order valence-corrected chi connectivity index (χ4v) is 2.26. The van der Waals surface area contributed by atoms with Crippen LogP contribution in [-0.4, -0.2) is 10.8 Å². The monoisotopic (exact) mass is 195 g/mol. The summed E-state index contributed by atoms with van der Waals surface area (Å²) >= 11 is 1.66. The van der Waals surface area contributed by atoms with Crippen LogP contribution >= 0.6 is 11.3 Å². The molecule has 0 N–H and O–H groups in total. The van der Waals surface area contributed by atoms with E-state index in [1.54, 1.807) is 11.3 Å². The maximum Gasteiger partial charge on any atom is 0.142 e. The van der Waals surface area contributed by atoms with E-state index >= 15 is 0 Å². The minimum atomic E-state index is 0.365. The number of aryl methyl sites for hydroxylation is 2. The predicted octanol–water partition coefficient (Wildman–Crippen LogP) is 2.28. The molecule has 0 bridgehead atoms. The van der Waals surface area contributed by atoms with Crippen molar-refractivity contribution in [2.75, 3.05) is 0 Å². The molecular weight excluding hydrogens is 182 g/mol. The topological polar surface area (TPSA) is 30.0 Å². The molecule has 0 aliphatic heterocycles. The molecule has 3 heteroatoms. The lowest BCUT2D eigenvalue weighted by molar-refractivity contribution is -0.119. The van der Waals surface area contributed by atoms with E-state index in [1.807, 2.05) is 6.92 Å². The van der Waals surface area contributed by atoms with Gasteiger partial charge in [0.25, 0.3) is 0 Å². The largest absolute Gasteiger partial charge is 0.299 e. The standard InChI is InChI=1S/C10H13NOS/c1-6-7(2)13-10(11-6)5-9(12)8-3-4-8/h8H,3-5H2,1-2H3. The predicted molar refractivity (Wildman–Crippen MR) is 53.0 cm³/mol. The third kappa shape index (κ3) is 1.97. The second kappa shape index (κ2) is 3.22. The number of aromatic nitrogens is 1. The molecule has 0 unspecified atom stereocenters. The van der Waals surface area contributed by atoms with E-state index in [0.29, 0.717) is 18.1 Å². The van der Waals surface area contributed by atoms with Gasteiger partial charge in [-0.25, -0.2) is 4.98 Å². The average Bonchev–Trinajstić information content (AvgIpc) is 2.81. The second-order valence-corrected chi connectivity index (χ2v) is 4.95. The Morgan fingerprint density at radius 1 is 1.54 bits per heavy atom. The molecule has 2 nitrogen and oxygen atoms in total. The van der Waals surface area contributed by atoms with Crippen molar-refractivity contribution >= 4 is 17.1 Å². The molecule has 1 aromatic rings. The summed E-state index contributed by atoms with van der Waals surface area (Å²) in [6, 6.07) is 0. The summed E-state index contributed by atoms with van der Waals surface area (Å²) < 4.78 is 0. The Balaban J connectivity index is 2.04. The van der Waals surface area contributed by atoms with Gasteiger partial charge < -0.3 is 0 Å². The lowest BCUT2D eigenvalue weighted by Gasteiger charge is -1.92. The first-order valence-corrected chi connectivity index (χ1v) is 5.44. The van der Waals surface area contributed by atoms with Crippen LogP contribution in [0.25, 0.3) is 0 Å². The van der Waals surface area contributed by atoms with E-state index in [9.17, 15) is 4.79 Å². The van der Waals surface area contributed by atoms with E-state index in [-0.39, 0.29) is 0 Å². The molecule has 2 rings (SSSR count). The molecule has 0 spiro atoms. The number of ketones is 1. The Morgan fingerprint density at radius 3 is 2.69 bits per heavy atom.